The van der Waals surface area contributed by atoms with Crippen molar-refractivity contribution in [2.45, 2.75) is 19.9 Å². The average molecular weight is 431 g/mol. The van der Waals surface area contributed by atoms with Crippen molar-refractivity contribution in [1.82, 2.24) is 24.1 Å². The summed E-state index contributed by atoms with van der Waals surface area (Å²) in [5, 5.41) is 0. The molecule has 0 spiro atoms. The summed E-state index contributed by atoms with van der Waals surface area (Å²) in [7, 11) is 1.77. The van der Waals surface area contributed by atoms with E-state index in [0.29, 0.717) is 24.7 Å². The second-order valence-electron chi connectivity index (χ2n) is 8.20. The van der Waals surface area contributed by atoms with Crippen LogP contribution in [0.25, 0.3) is 22.6 Å². The molecule has 5 rings (SSSR count). The number of hydrogen-bond acceptors (Lipinski definition) is 6. The Hall–Kier alpha value is -3.52. The number of imidazole rings is 1. The Balaban J connectivity index is 1.73. The van der Waals surface area contributed by atoms with Crippen molar-refractivity contribution in [2.24, 2.45) is 7.05 Å². The quantitative estimate of drug-likeness (QED) is 0.495. The topological polar surface area (TPSA) is 78.1 Å². The van der Waals surface area contributed by atoms with Crippen molar-refractivity contribution in [2.75, 3.05) is 31.2 Å². The molecule has 3 aromatic heterocycles. The van der Waals surface area contributed by atoms with Crippen molar-refractivity contribution >= 4 is 17.1 Å². The fourth-order valence-corrected chi connectivity index (χ4v) is 4.25. The molecule has 8 heteroatoms. The fourth-order valence-electron chi connectivity index (χ4n) is 4.25. The third kappa shape index (κ3) is 3.56. The van der Waals surface area contributed by atoms with Crippen LogP contribution in [0.1, 0.15) is 24.1 Å². The van der Waals surface area contributed by atoms with Crippen LogP contribution in [-0.4, -0.2) is 50.4 Å². The van der Waals surface area contributed by atoms with Crippen molar-refractivity contribution in [3.63, 3.8) is 0 Å². The molecule has 4 aromatic rings. The Bertz CT molecular complexity index is 1300. The van der Waals surface area contributed by atoms with Gasteiger partial charge in [-0.3, -0.25) is 4.79 Å². The van der Waals surface area contributed by atoms with E-state index in [4.69, 9.17) is 14.7 Å². The number of anilines is 1. The van der Waals surface area contributed by atoms with Crippen LogP contribution in [0.15, 0.2) is 53.6 Å². The normalized spacial score (nSPS) is 15.3. The minimum absolute atomic E-state index is 0.0121. The largest absolute Gasteiger partial charge is 0.378 e. The van der Waals surface area contributed by atoms with Gasteiger partial charge < -0.3 is 18.8 Å². The predicted molar refractivity (Wildman–Crippen MR) is 124 cm³/mol. The van der Waals surface area contributed by atoms with Crippen molar-refractivity contribution in [3.8, 4) is 11.4 Å². The maximum Gasteiger partial charge on any atom is 0.253 e. The summed E-state index contributed by atoms with van der Waals surface area (Å²) >= 11 is 0. The van der Waals surface area contributed by atoms with Gasteiger partial charge in [-0.05, 0) is 25.5 Å². The average Bonchev–Trinajstić information content (AvgIpc) is 3.21. The number of morpholine rings is 1. The molecule has 1 aliphatic heterocycles. The number of ether oxygens (including phenoxy) is 1. The lowest BCUT2D eigenvalue weighted by Crippen LogP contribution is -2.37. The van der Waals surface area contributed by atoms with Crippen LogP contribution < -0.4 is 10.5 Å². The van der Waals surface area contributed by atoms with E-state index in [1.807, 2.05) is 37.4 Å². The number of rotatable bonds is 4. The van der Waals surface area contributed by atoms with Gasteiger partial charge >= 0.3 is 0 Å². The first-order valence-electron chi connectivity index (χ1n) is 10.8. The summed E-state index contributed by atoms with van der Waals surface area (Å²) in [5.74, 6) is 1.45. The van der Waals surface area contributed by atoms with Gasteiger partial charge in [-0.1, -0.05) is 30.3 Å². The van der Waals surface area contributed by atoms with Gasteiger partial charge in [0, 0.05) is 37.5 Å². The summed E-state index contributed by atoms with van der Waals surface area (Å²) in [4.78, 5) is 28.9. The number of fused-ring (bicyclic) bond motifs is 1. The first-order chi connectivity index (χ1) is 15.5. The van der Waals surface area contributed by atoms with E-state index >= 15 is 0 Å². The highest BCUT2D eigenvalue weighted by Crippen LogP contribution is 2.31. The van der Waals surface area contributed by atoms with Crippen LogP contribution in [0.5, 0.6) is 0 Å². The number of benzene rings is 1. The first-order valence-corrected chi connectivity index (χ1v) is 10.8. The van der Waals surface area contributed by atoms with E-state index in [1.54, 1.807) is 17.8 Å². The SMILES string of the molecule is Cc1cc(-c2nc3cnc(N4CCOCC4)nc3n2C(C)c2ccccc2)cn(C)c1=O. The molecule has 32 heavy (non-hydrogen) atoms. The van der Waals surface area contributed by atoms with Crippen LogP contribution in [-0.2, 0) is 11.8 Å². The monoisotopic (exact) mass is 430 g/mol. The molecule has 0 amide bonds. The Morgan fingerprint density at radius 1 is 1.09 bits per heavy atom. The molecule has 4 heterocycles. The highest BCUT2D eigenvalue weighted by atomic mass is 16.5. The molecule has 1 atom stereocenters. The predicted octanol–water partition coefficient (Wildman–Crippen LogP) is 2.95. The van der Waals surface area contributed by atoms with Crippen LogP contribution in [0, 0.1) is 6.92 Å². The second kappa shape index (κ2) is 8.20. The molecule has 1 saturated heterocycles. The number of hydrogen-bond donors (Lipinski definition) is 0. The fraction of sp³-hybridized carbons (Fsp3) is 0.333. The molecule has 1 fully saturated rings. The summed E-state index contributed by atoms with van der Waals surface area (Å²) in [6.07, 6.45) is 3.63. The van der Waals surface area contributed by atoms with Crippen LogP contribution in [0.3, 0.4) is 0 Å². The Kier molecular flexibility index (Phi) is 5.22. The van der Waals surface area contributed by atoms with Crippen LogP contribution in [0.4, 0.5) is 5.95 Å². The highest BCUT2D eigenvalue weighted by Gasteiger charge is 2.23. The summed E-state index contributed by atoms with van der Waals surface area (Å²) in [6.45, 7) is 6.84. The molecular formula is C24H26N6O2. The standard InChI is InChI=1S/C24H26N6O2/c1-16-13-19(15-28(3)23(16)31)21-26-20-14-25-24(29-9-11-32-12-10-29)27-22(20)30(21)17(2)18-7-5-4-6-8-18/h4-8,13-15,17H,9-12H2,1-3H3. The molecule has 1 aromatic carbocycles. The van der Waals surface area contributed by atoms with Gasteiger partial charge in [-0.2, -0.15) is 4.98 Å². The van der Waals surface area contributed by atoms with Crippen LogP contribution in [0.2, 0.25) is 0 Å². The third-order valence-corrected chi connectivity index (χ3v) is 6.00. The zero-order valence-electron chi connectivity index (χ0n) is 18.5. The molecule has 1 aliphatic rings. The van der Waals surface area contributed by atoms with E-state index in [0.717, 1.165) is 41.2 Å². The van der Waals surface area contributed by atoms with Gasteiger partial charge in [-0.15, -0.1) is 0 Å². The van der Waals surface area contributed by atoms with Gasteiger partial charge in [0.25, 0.3) is 5.56 Å². The maximum absolute atomic E-state index is 12.3. The second-order valence-corrected chi connectivity index (χ2v) is 8.20. The number of aromatic nitrogens is 5. The summed E-state index contributed by atoms with van der Waals surface area (Å²) in [5.41, 5.74) is 4.20. The van der Waals surface area contributed by atoms with Crippen molar-refractivity contribution < 1.29 is 4.74 Å². The third-order valence-electron chi connectivity index (χ3n) is 6.00. The molecule has 0 bridgehead atoms. The number of nitrogens with zero attached hydrogens (tertiary/aromatic N) is 6. The van der Waals surface area contributed by atoms with E-state index < -0.39 is 0 Å². The number of pyridine rings is 1. The van der Waals surface area contributed by atoms with Gasteiger partial charge in [-0.25, -0.2) is 9.97 Å². The Morgan fingerprint density at radius 3 is 2.56 bits per heavy atom. The van der Waals surface area contributed by atoms with Crippen molar-refractivity contribution in [1.29, 1.82) is 0 Å². The molecule has 1 unspecified atom stereocenters. The molecule has 8 nitrogen and oxygen atoms in total. The molecule has 0 aliphatic carbocycles. The smallest absolute Gasteiger partial charge is 0.253 e. The molecular weight excluding hydrogens is 404 g/mol. The van der Waals surface area contributed by atoms with Gasteiger partial charge in [0.2, 0.25) is 5.95 Å². The molecule has 0 saturated carbocycles. The lowest BCUT2D eigenvalue weighted by Gasteiger charge is -2.26. The lowest BCUT2D eigenvalue weighted by molar-refractivity contribution is 0.122. The zero-order chi connectivity index (χ0) is 22.2. The van der Waals surface area contributed by atoms with Gasteiger partial charge in [0.1, 0.15) is 11.3 Å². The lowest BCUT2D eigenvalue weighted by atomic mass is 10.1. The summed E-state index contributed by atoms with van der Waals surface area (Å²) < 4.78 is 9.23. The first kappa shape index (κ1) is 20.4. The van der Waals surface area contributed by atoms with E-state index in [1.165, 1.54) is 0 Å². The minimum atomic E-state index is -0.0128. The van der Waals surface area contributed by atoms with E-state index in [-0.39, 0.29) is 11.6 Å². The van der Waals surface area contributed by atoms with E-state index in [2.05, 4.69) is 33.5 Å². The molecule has 164 valence electrons. The van der Waals surface area contributed by atoms with E-state index in [9.17, 15) is 4.79 Å². The molecule has 0 N–H and O–H groups in total. The Morgan fingerprint density at radius 2 is 1.84 bits per heavy atom. The van der Waals surface area contributed by atoms with Gasteiger partial charge in [0.15, 0.2) is 5.65 Å². The highest BCUT2D eigenvalue weighted by molar-refractivity contribution is 5.78. The minimum Gasteiger partial charge on any atom is -0.378 e. The number of aryl methyl sites for hydroxylation is 2. The van der Waals surface area contributed by atoms with Gasteiger partial charge in [0.05, 0.1) is 25.5 Å². The summed E-state index contributed by atoms with van der Waals surface area (Å²) in [6, 6.07) is 12.2. The Labute approximate surface area is 186 Å². The van der Waals surface area contributed by atoms with Crippen molar-refractivity contribution in [3.05, 3.63) is 70.3 Å². The zero-order valence-corrected chi connectivity index (χ0v) is 18.5. The molecule has 0 radical (unpaired) electrons. The van der Waals surface area contributed by atoms with Crippen LogP contribution >= 0.6 is 0 Å². The maximum atomic E-state index is 12.3.